The highest BCUT2D eigenvalue weighted by molar-refractivity contribution is 6.07. The van der Waals surface area contributed by atoms with E-state index in [1.54, 1.807) is 16.5 Å². The molecule has 2 aromatic heterocycles. The minimum Gasteiger partial charge on any atom is -0.481 e. The molecule has 1 aromatic carbocycles. The quantitative estimate of drug-likeness (QED) is 0.716. The summed E-state index contributed by atoms with van der Waals surface area (Å²) in [5.74, 6) is -1.57. The minimum absolute atomic E-state index is 0.0937. The monoisotopic (exact) mass is 394 g/mol. The zero-order valence-electron chi connectivity index (χ0n) is 14.9. The van der Waals surface area contributed by atoms with Gasteiger partial charge in [-0.2, -0.15) is 13.2 Å². The van der Waals surface area contributed by atoms with Gasteiger partial charge in [-0.15, -0.1) is 0 Å². The summed E-state index contributed by atoms with van der Waals surface area (Å²) in [5.41, 5.74) is 0.499. The Labute approximate surface area is 157 Å². The van der Waals surface area contributed by atoms with E-state index in [4.69, 9.17) is 9.52 Å². The molecule has 4 rings (SSSR count). The molecule has 0 unspecified atom stereocenters. The zero-order chi connectivity index (χ0) is 20.2. The van der Waals surface area contributed by atoms with Crippen molar-refractivity contribution in [1.82, 2.24) is 9.47 Å². The number of hydrogen-bond acceptors (Lipinski definition) is 3. The van der Waals surface area contributed by atoms with E-state index in [2.05, 4.69) is 0 Å². The predicted molar refractivity (Wildman–Crippen MR) is 94.0 cm³/mol. The van der Waals surface area contributed by atoms with Crippen molar-refractivity contribution in [2.75, 3.05) is 13.1 Å². The number of nitrogens with zero attached hydrogens (tertiary/aromatic N) is 2. The van der Waals surface area contributed by atoms with Gasteiger partial charge in [0.25, 0.3) is 5.91 Å². The SMILES string of the molecule is Cn1c2cc(C(F)(F)F)ccc2c2oc(C(=O)N3CCC(C(=O)O)CC3)cc21. The van der Waals surface area contributed by atoms with Crippen LogP contribution in [0.2, 0.25) is 0 Å². The van der Waals surface area contributed by atoms with Crippen molar-refractivity contribution in [2.24, 2.45) is 13.0 Å². The van der Waals surface area contributed by atoms with Crippen LogP contribution in [0.4, 0.5) is 13.2 Å². The van der Waals surface area contributed by atoms with Gasteiger partial charge in [0, 0.05) is 31.6 Å². The van der Waals surface area contributed by atoms with Crippen molar-refractivity contribution in [2.45, 2.75) is 19.0 Å². The number of amides is 1. The van der Waals surface area contributed by atoms with Gasteiger partial charge in [-0.05, 0) is 31.0 Å². The fraction of sp³-hybridized carbons (Fsp3) is 0.368. The number of carbonyl (C=O) groups excluding carboxylic acids is 1. The van der Waals surface area contributed by atoms with Crippen LogP contribution in [0.15, 0.2) is 28.7 Å². The van der Waals surface area contributed by atoms with Crippen LogP contribution < -0.4 is 0 Å². The first-order valence-electron chi connectivity index (χ1n) is 8.78. The zero-order valence-corrected chi connectivity index (χ0v) is 14.9. The fourth-order valence-electron chi connectivity index (χ4n) is 3.72. The Morgan fingerprint density at radius 3 is 2.43 bits per heavy atom. The number of carboxylic acids is 1. The first kappa shape index (κ1) is 18.4. The third kappa shape index (κ3) is 2.90. The van der Waals surface area contributed by atoms with E-state index >= 15 is 0 Å². The predicted octanol–water partition coefficient (Wildman–Crippen LogP) is 3.88. The molecular weight excluding hydrogens is 377 g/mol. The number of aromatic nitrogens is 1. The van der Waals surface area contributed by atoms with Gasteiger partial charge >= 0.3 is 12.1 Å². The van der Waals surface area contributed by atoms with Crippen LogP contribution in [0.1, 0.15) is 29.0 Å². The van der Waals surface area contributed by atoms with E-state index in [-0.39, 0.29) is 11.7 Å². The van der Waals surface area contributed by atoms with Crippen LogP contribution in [0.3, 0.4) is 0 Å². The number of carbonyl (C=O) groups is 2. The van der Waals surface area contributed by atoms with Gasteiger partial charge < -0.3 is 19.0 Å². The Morgan fingerprint density at radius 2 is 1.82 bits per heavy atom. The number of furan rings is 1. The Morgan fingerprint density at radius 1 is 1.14 bits per heavy atom. The van der Waals surface area contributed by atoms with Crippen LogP contribution in [0.25, 0.3) is 22.0 Å². The van der Waals surface area contributed by atoms with Crippen molar-refractivity contribution >= 4 is 33.9 Å². The Hall–Kier alpha value is -2.97. The number of aryl methyl sites for hydroxylation is 1. The van der Waals surface area contributed by atoms with Crippen molar-refractivity contribution in [3.8, 4) is 0 Å². The number of rotatable bonds is 2. The molecule has 1 aliphatic heterocycles. The molecule has 6 nitrogen and oxygen atoms in total. The fourth-order valence-corrected chi connectivity index (χ4v) is 3.72. The normalized spacial score (nSPS) is 16.2. The van der Waals surface area contributed by atoms with E-state index < -0.39 is 23.6 Å². The lowest BCUT2D eigenvalue weighted by molar-refractivity contribution is -0.143. The molecule has 0 atom stereocenters. The molecule has 1 amide bonds. The Balaban J connectivity index is 1.66. The Kier molecular flexibility index (Phi) is 4.13. The molecule has 28 heavy (non-hydrogen) atoms. The maximum atomic E-state index is 13.0. The minimum atomic E-state index is -4.44. The third-order valence-electron chi connectivity index (χ3n) is 5.35. The van der Waals surface area contributed by atoms with E-state index in [1.165, 1.54) is 12.1 Å². The van der Waals surface area contributed by atoms with Crippen molar-refractivity contribution in [3.05, 3.63) is 35.6 Å². The second-order valence-corrected chi connectivity index (χ2v) is 7.02. The maximum Gasteiger partial charge on any atom is 0.416 e. The van der Waals surface area contributed by atoms with Crippen LogP contribution in [-0.4, -0.2) is 39.5 Å². The molecule has 148 valence electrons. The van der Waals surface area contributed by atoms with Gasteiger partial charge in [0.2, 0.25) is 0 Å². The second-order valence-electron chi connectivity index (χ2n) is 7.02. The summed E-state index contributed by atoms with van der Waals surface area (Å²) < 4.78 is 46.2. The second kappa shape index (κ2) is 6.29. The number of hydrogen-bond donors (Lipinski definition) is 1. The Bertz CT molecular complexity index is 1090. The molecule has 1 N–H and O–H groups in total. The molecule has 1 fully saturated rings. The van der Waals surface area contributed by atoms with Crippen LogP contribution >= 0.6 is 0 Å². The summed E-state index contributed by atoms with van der Waals surface area (Å²) in [4.78, 5) is 25.3. The number of piperidine rings is 1. The lowest BCUT2D eigenvalue weighted by Crippen LogP contribution is -2.40. The summed E-state index contributed by atoms with van der Waals surface area (Å²) >= 11 is 0. The molecule has 0 spiro atoms. The molecule has 1 saturated heterocycles. The number of carboxylic acid groups (broad SMARTS) is 1. The van der Waals surface area contributed by atoms with E-state index in [9.17, 15) is 22.8 Å². The highest BCUT2D eigenvalue weighted by atomic mass is 19.4. The van der Waals surface area contributed by atoms with Gasteiger partial charge in [-0.3, -0.25) is 9.59 Å². The summed E-state index contributed by atoms with van der Waals surface area (Å²) in [7, 11) is 1.62. The number of benzene rings is 1. The number of halogens is 3. The average molecular weight is 394 g/mol. The van der Waals surface area contributed by atoms with Gasteiger partial charge in [-0.1, -0.05) is 0 Å². The third-order valence-corrected chi connectivity index (χ3v) is 5.35. The lowest BCUT2D eigenvalue weighted by Gasteiger charge is -2.29. The molecule has 3 aromatic rings. The van der Waals surface area contributed by atoms with Crippen LogP contribution in [0.5, 0.6) is 0 Å². The van der Waals surface area contributed by atoms with E-state index in [0.717, 1.165) is 12.1 Å². The smallest absolute Gasteiger partial charge is 0.416 e. The van der Waals surface area contributed by atoms with Crippen LogP contribution in [0, 0.1) is 5.92 Å². The standard InChI is InChI=1S/C19H17F3N2O4/c1-23-13-8-11(19(20,21)22)2-3-12(13)16-14(23)9-15(28-16)17(25)24-6-4-10(5-7-24)18(26)27/h2-3,8-10H,4-7H2,1H3,(H,26,27). The van der Waals surface area contributed by atoms with Crippen molar-refractivity contribution in [1.29, 1.82) is 0 Å². The number of likely N-dealkylation sites (tertiary alicyclic amines) is 1. The summed E-state index contributed by atoms with van der Waals surface area (Å²) in [5, 5.41) is 9.55. The average Bonchev–Trinajstić information content (AvgIpc) is 3.20. The van der Waals surface area contributed by atoms with E-state index in [1.807, 2.05) is 0 Å². The van der Waals surface area contributed by atoms with Gasteiger partial charge in [0.1, 0.15) is 0 Å². The molecule has 0 radical (unpaired) electrons. The lowest BCUT2D eigenvalue weighted by atomic mass is 9.97. The highest BCUT2D eigenvalue weighted by Gasteiger charge is 2.32. The first-order chi connectivity index (χ1) is 13.2. The van der Waals surface area contributed by atoms with Gasteiger partial charge in [0.15, 0.2) is 11.3 Å². The first-order valence-corrected chi connectivity index (χ1v) is 8.78. The summed E-state index contributed by atoms with van der Waals surface area (Å²) in [6.45, 7) is 0.644. The van der Waals surface area contributed by atoms with Crippen molar-refractivity contribution < 1.29 is 32.3 Å². The summed E-state index contributed by atoms with van der Waals surface area (Å²) in [6, 6.07) is 4.91. The number of aliphatic carboxylic acids is 1. The molecule has 1 aliphatic rings. The molecule has 0 aliphatic carbocycles. The van der Waals surface area contributed by atoms with Crippen molar-refractivity contribution in [3.63, 3.8) is 0 Å². The maximum absolute atomic E-state index is 13.0. The highest BCUT2D eigenvalue weighted by Crippen LogP contribution is 2.36. The molecular formula is C19H17F3N2O4. The molecule has 0 bridgehead atoms. The summed E-state index contributed by atoms with van der Waals surface area (Å²) in [6.07, 6.45) is -3.68. The topological polar surface area (TPSA) is 75.7 Å². The molecule has 9 heteroatoms. The van der Waals surface area contributed by atoms with E-state index in [0.29, 0.717) is 47.9 Å². The van der Waals surface area contributed by atoms with Gasteiger partial charge in [-0.25, -0.2) is 0 Å². The molecule has 3 heterocycles. The molecule has 0 saturated carbocycles. The number of alkyl halides is 3. The van der Waals surface area contributed by atoms with Gasteiger partial charge in [0.05, 0.1) is 22.5 Å². The largest absolute Gasteiger partial charge is 0.481 e. The number of fused-ring (bicyclic) bond motifs is 3. The van der Waals surface area contributed by atoms with Crippen LogP contribution in [-0.2, 0) is 18.0 Å².